The molecule has 17 heteroatoms. The van der Waals surface area contributed by atoms with Gasteiger partial charge in [-0.15, -0.1) is 0 Å². The quantitative estimate of drug-likeness (QED) is 0.0991. The molecule has 0 bridgehead atoms. The van der Waals surface area contributed by atoms with Gasteiger partial charge in [0.2, 0.25) is 0 Å². The van der Waals surface area contributed by atoms with E-state index in [9.17, 15) is 55.4 Å². The fraction of sp³-hybridized carbons (Fsp3) is 0.578. The summed E-state index contributed by atoms with van der Waals surface area (Å²) in [5.74, 6) is -10.0. The van der Waals surface area contributed by atoms with Gasteiger partial charge >= 0.3 is 30.3 Å². The lowest BCUT2D eigenvalue weighted by molar-refractivity contribution is -0.280. The topological polar surface area (TPSA) is 152 Å². The third-order valence-electron chi connectivity index (χ3n) is 12.5. The summed E-state index contributed by atoms with van der Waals surface area (Å²) in [6.45, 7) is 8.58. The highest BCUT2D eigenvalue weighted by Crippen LogP contribution is 2.46. The van der Waals surface area contributed by atoms with Crippen molar-refractivity contribution in [3.8, 4) is 0 Å². The number of rotatable bonds is 16. The lowest BCUT2D eigenvalue weighted by Crippen LogP contribution is -2.55. The Labute approximate surface area is 356 Å². The third-order valence-corrected chi connectivity index (χ3v) is 12.5. The van der Waals surface area contributed by atoms with E-state index in [1.165, 1.54) is 50.2 Å². The van der Waals surface area contributed by atoms with Gasteiger partial charge in [-0.2, -0.15) is 26.3 Å². The van der Waals surface area contributed by atoms with Crippen LogP contribution in [0, 0.1) is 23.7 Å². The summed E-state index contributed by atoms with van der Waals surface area (Å²) in [6.07, 6.45) is -14.8. The van der Waals surface area contributed by atoms with Crippen molar-refractivity contribution < 1.29 is 79.1 Å². The first-order chi connectivity index (χ1) is 28.9. The van der Waals surface area contributed by atoms with Gasteiger partial charge in [-0.1, -0.05) is 93.4 Å². The molecular formula is C45H54F6O11. The molecule has 2 aromatic carbocycles. The Bertz CT molecular complexity index is 1960. The van der Waals surface area contributed by atoms with E-state index in [0.29, 0.717) is 20.0 Å². The van der Waals surface area contributed by atoms with Crippen LogP contribution < -0.4 is 0 Å². The van der Waals surface area contributed by atoms with Crippen LogP contribution in [0.15, 0.2) is 71.8 Å². The zero-order chi connectivity index (χ0) is 46.6. The summed E-state index contributed by atoms with van der Waals surface area (Å²) in [5, 5.41) is 11.4. The number of carbonyl (C=O) groups excluding carboxylic acids is 5. The first-order valence-electron chi connectivity index (χ1n) is 20.3. The van der Waals surface area contributed by atoms with Crippen molar-refractivity contribution in [2.24, 2.45) is 23.7 Å². The van der Waals surface area contributed by atoms with E-state index in [2.05, 4.69) is 0 Å². The van der Waals surface area contributed by atoms with Crippen LogP contribution in [0.25, 0.3) is 0 Å². The van der Waals surface area contributed by atoms with Gasteiger partial charge in [-0.25, -0.2) is 9.59 Å². The molecule has 342 valence electrons. The van der Waals surface area contributed by atoms with Crippen molar-refractivity contribution in [1.29, 1.82) is 0 Å². The molecule has 1 saturated carbocycles. The molecule has 1 N–H and O–H groups in total. The minimum Gasteiger partial charge on any atom is -0.459 e. The Morgan fingerprint density at radius 2 is 1.32 bits per heavy atom. The number of Topliss-reactive ketones (excluding diaryl/α,β-unsaturated/α-hetero) is 2. The summed E-state index contributed by atoms with van der Waals surface area (Å²) in [7, 11) is 1.43. The number of aliphatic hydroxyl groups is 1. The first-order valence-corrected chi connectivity index (χ1v) is 20.3. The molecule has 0 spiro atoms. The number of hydrogen-bond donors (Lipinski definition) is 1. The number of benzene rings is 2. The van der Waals surface area contributed by atoms with Crippen molar-refractivity contribution in [3.05, 3.63) is 82.9 Å². The van der Waals surface area contributed by atoms with Gasteiger partial charge in [0.05, 0.1) is 11.8 Å². The summed E-state index contributed by atoms with van der Waals surface area (Å²) in [6, 6.07) is 12.3. The smallest absolute Gasteiger partial charge is 0.432 e. The van der Waals surface area contributed by atoms with E-state index in [1.807, 2.05) is 0 Å². The van der Waals surface area contributed by atoms with E-state index < -0.39 is 118 Å². The highest BCUT2D eigenvalue weighted by atomic mass is 19.4. The lowest BCUT2D eigenvalue weighted by Gasteiger charge is -2.40. The molecule has 0 radical (unpaired) electrons. The second-order valence-electron chi connectivity index (χ2n) is 16.4. The Morgan fingerprint density at radius 3 is 1.79 bits per heavy atom. The lowest BCUT2D eigenvalue weighted by atomic mass is 9.72. The number of halogens is 6. The van der Waals surface area contributed by atoms with Crippen LogP contribution in [-0.4, -0.2) is 85.1 Å². The highest BCUT2D eigenvalue weighted by molar-refractivity contribution is 6.04. The maximum absolute atomic E-state index is 14.7. The summed E-state index contributed by atoms with van der Waals surface area (Å²) < 4.78 is 115. The third kappa shape index (κ3) is 9.49. The zero-order valence-corrected chi connectivity index (χ0v) is 35.9. The largest absolute Gasteiger partial charge is 0.459 e. The monoisotopic (exact) mass is 884 g/mol. The SMILES string of the molecule is CC[C@H](C)[C@@H](OC(=O)[C@@](OC)(c1ccccc1)C(F)(F)F)[C@@H](C)C(=O)O[C@H]1CC(CC(=O)[C@H]2[C@H](C)CCC[C@@H]2OC(=O)[C@@](OC)(c2ccccc2)C(F)(F)F)=C(C)C(=O)[C@@]1(C)O. The van der Waals surface area contributed by atoms with Crippen molar-refractivity contribution in [2.75, 3.05) is 14.2 Å². The van der Waals surface area contributed by atoms with E-state index in [0.717, 1.165) is 38.3 Å². The van der Waals surface area contributed by atoms with Gasteiger partial charge in [0.15, 0.2) is 11.4 Å². The fourth-order valence-corrected chi connectivity index (χ4v) is 8.50. The predicted octanol–water partition coefficient (Wildman–Crippen LogP) is 8.05. The molecule has 11 nitrogen and oxygen atoms in total. The van der Waals surface area contributed by atoms with E-state index in [4.69, 9.17) is 23.7 Å². The van der Waals surface area contributed by atoms with E-state index in [1.54, 1.807) is 20.8 Å². The second-order valence-corrected chi connectivity index (χ2v) is 16.4. The maximum Gasteiger partial charge on any atom is 0.432 e. The zero-order valence-electron chi connectivity index (χ0n) is 35.9. The second kappa shape index (κ2) is 19.4. The number of alkyl halides is 6. The summed E-state index contributed by atoms with van der Waals surface area (Å²) >= 11 is 0. The Hall–Kier alpha value is -4.61. The average Bonchev–Trinajstić information content (AvgIpc) is 3.21. The van der Waals surface area contributed by atoms with Gasteiger partial charge < -0.3 is 28.8 Å². The molecule has 62 heavy (non-hydrogen) atoms. The molecular weight excluding hydrogens is 830 g/mol. The molecule has 0 heterocycles. The summed E-state index contributed by atoms with van der Waals surface area (Å²) in [5.41, 5.74) is -10.4. The molecule has 0 aliphatic heterocycles. The van der Waals surface area contributed by atoms with Crippen molar-refractivity contribution >= 4 is 29.5 Å². The molecule has 1 fully saturated rings. The molecule has 0 unspecified atom stereocenters. The molecule has 2 aromatic rings. The predicted molar refractivity (Wildman–Crippen MR) is 210 cm³/mol. The van der Waals surface area contributed by atoms with Gasteiger partial charge in [-0.3, -0.25) is 14.4 Å². The van der Waals surface area contributed by atoms with Crippen LogP contribution in [0.4, 0.5) is 26.3 Å². The van der Waals surface area contributed by atoms with E-state index in [-0.39, 0.29) is 30.4 Å². The van der Waals surface area contributed by atoms with Gasteiger partial charge in [-0.05, 0) is 57.4 Å². The van der Waals surface area contributed by atoms with E-state index >= 15 is 0 Å². The Morgan fingerprint density at radius 1 is 0.823 bits per heavy atom. The van der Waals surface area contributed by atoms with Crippen LogP contribution in [-0.2, 0) is 58.9 Å². The number of ether oxygens (including phenoxy) is 5. The van der Waals surface area contributed by atoms with Crippen LogP contribution >= 0.6 is 0 Å². The van der Waals surface area contributed by atoms with Gasteiger partial charge in [0.25, 0.3) is 11.2 Å². The van der Waals surface area contributed by atoms with Gasteiger partial charge in [0, 0.05) is 38.2 Å². The molecule has 4 rings (SSSR count). The van der Waals surface area contributed by atoms with Crippen molar-refractivity contribution in [3.63, 3.8) is 0 Å². The van der Waals surface area contributed by atoms with Crippen molar-refractivity contribution in [1.82, 2.24) is 0 Å². The molecule has 10 atom stereocenters. The standard InChI is InChI=1S/C45H54F6O11/c1-9-25(2)36(62-40(56)43(59-8,45(49,50)51)31-20-14-11-15-21-31)28(5)38(54)61-34-24-29(27(4)37(53)41(34,6)57)23-32(52)35-26(3)17-16-22-33(35)60-39(55)42(58-7,44(46,47)48)30-18-12-10-13-19-30/h10-15,18-21,25-26,28,33-36,57H,9,16-17,22-24H2,1-8H3/t25-,26+,28+,33-,34-,35+,36+,41-,42-,43-/m0/s1. The first kappa shape index (κ1) is 50.0. The number of hydrogen-bond acceptors (Lipinski definition) is 11. The minimum atomic E-state index is -5.31. The van der Waals surface area contributed by atoms with Crippen LogP contribution in [0.2, 0.25) is 0 Å². The fourth-order valence-electron chi connectivity index (χ4n) is 8.50. The molecule has 0 saturated heterocycles. The highest BCUT2D eigenvalue weighted by Gasteiger charge is 2.66. The Balaban J connectivity index is 1.59. The van der Waals surface area contributed by atoms with Crippen molar-refractivity contribution in [2.45, 2.75) is 128 Å². The number of methoxy groups -OCH3 is 2. The molecule has 2 aliphatic carbocycles. The molecule has 0 aromatic heterocycles. The van der Waals surface area contributed by atoms with Crippen LogP contribution in [0.3, 0.4) is 0 Å². The maximum atomic E-state index is 14.7. The van der Waals surface area contributed by atoms with Gasteiger partial charge in [0.1, 0.15) is 24.1 Å². The Kier molecular flexibility index (Phi) is 15.7. The van der Waals surface area contributed by atoms with Crippen LogP contribution in [0.1, 0.15) is 91.2 Å². The molecule has 2 aliphatic rings. The minimum absolute atomic E-state index is 0.0318. The number of carbonyl (C=O) groups is 5. The normalized spacial score (nSPS) is 25.7. The van der Waals surface area contributed by atoms with Crippen LogP contribution in [0.5, 0.6) is 0 Å². The summed E-state index contributed by atoms with van der Waals surface area (Å²) in [4.78, 5) is 68.9. The number of esters is 3. The number of ketones is 2. The molecule has 0 amide bonds. The average molecular weight is 885 g/mol.